The average Bonchev–Trinajstić information content (AvgIpc) is 3.59. The molecule has 1 saturated carbocycles. The van der Waals surface area contributed by atoms with Gasteiger partial charge in [0.1, 0.15) is 6.07 Å². The van der Waals surface area contributed by atoms with E-state index in [1.54, 1.807) is 16.9 Å². The number of amides is 1. The molecule has 9 heteroatoms. The van der Waals surface area contributed by atoms with E-state index in [9.17, 15) is 14.9 Å². The van der Waals surface area contributed by atoms with Gasteiger partial charge >= 0.3 is 6.09 Å². The minimum absolute atomic E-state index is 0.0484. The van der Waals surface area contributed by atoms with Gasteiger partial charge < -0.3 is 10.4 Å². The topological polar surface area (TPSA) is 137 Å². The summed E-state index contributed by atoms with van der Waals surface area (Å²) >= 11 is 0. The average molecular weight is 454 g/mol. The lowest BCUT2D eigenvalue weighted by atomic mass is 9.92. The van der Waals surface area contributed by atoms with E-state index in [2.05, 4.69) is 38.8 Å². The van der Waals surface area contributed by atoms with Crippen molar-refractivity contribution < 1.29 is 9.90 Å². The quantitative estimate of drug-likeness (QED) is 0.419. The van der Waals surface area contributed by atoms with Crippen LogP contribution in [0.5, 0.6) is 0 Å². The molecule has 1 aliphatic rings. The summed E-state index contributed by atoms with van der Waals surface area (Å²) in [6.45, 7) is 1.91. The molecule has 9 nitrogen and oxygen atoms in total. The molecule has 0 bridgehead atoms. The summed E-state index contributed by atoms with van der Waals surface area (Å²) in [7, 11) is 1.84. The Hall–Kier alpha value is -4.45. The molecule has 0 spiro atoms. The third-order valence-electron chi connectivity index (χ3n) is 6.30. The molecule has 34 heavy (non-hydrogen) atoms. The number of aromatic amines is 1. The number of carboxylic acid groups (broad SMARTS) is 1. The van der Waals surface area contributed by atoms with Crippen molar-refractivity contribution in [2.24, 2.45) is 7.05 Å². The van der Waals surface area contributed by atoms with Gasteiger partial charge in [0.25, 0.3) is 5.56 Å². The number of H-pyrrole nitrogens is 1. The lowest BCUT2D eigenvalue weighted by Gasteiger charge is -2.14. The van der Waals surface area contributed by atoms with Gasteiger partial charge in [0.05, 0.1) is 35.1 Å². The minimum Gasteiger partial charge on any atom is -0.465 e. The van der Waals surface area contributed by atoms with E-state index in [1.807, 2.05) is 26.1 Å². The van der Waals surface area contributed by atoms with Crippen molar-refractivity contribution in [1.29, 1.82) is 5.26 Å². The molecule has 2 heterocycles. The number of nitriles is 1. The summed E-state index contributed by atoms with van der Waals surface area (Å²) < 4.78 is 1.76. The monoisotopic (exact) mass is 454 g/mol. The lowest BCUT2D eigenvalue weighted by Crippen LogP contribution is -2.22. The summed E-state index contributed by atoms with van der Waals surface area (Å²) in [6, 6.07) is 11.9. The van der Waals surface area contributed by atoms with Crippen molar-refractivity contribution in [2.45, 2.75) is 32.2 Å². The number of hydrogen-bond acceptors (Lipinski definition) is 5. The third-order valence-corrected chi connectivity index (χ3v) is 6.30. The molecule has 0 saturated heterocycles. The highest BCUT2D eigenvalue weighted by Gasteiger charge is 2.27. The first-order valence-electron chi connectivity index (χ1n) is 10.9. The Kier molecular flexibility index (Phi) is 5.13. The molecule has 1 aliphatic carbocycles. The van der Waals surface area contributed by atoms with Crippen LogP contribution in [0.25, 0.3) is 33.2 Å². The van der Waals surface area contributed by atoms with Crippen LogP contribution in [-0.4, -0.2) is 31.2 Å². The highest BCUT2D eigenvalue weighted by molar-refractivity contribution is 5.92. The Morgan fingerprint density at radius 3 is 2.76 bits per heavy atom. The SMILES string of the molecule is Cc1cc(C2CC2)cc(-c2c(-c3ccc4c(=O)[nH]nc(CNC(=O)O)c4c3)cnn2C)c1C#N. The summed E-state index contributed by atoms with van der Waals surface area (Å²) in [5, 5.41) is 33.1. The van der Waals surface area contributed by atoms with E-state index < -0.39 is 6.09 Å². The van der Waals surface area contributed by atoms with E-state index in [0.29, 0.717) is 27.9 Å². The van der Waals surface area contributed by atoms with Crippen molar-refractivity contribution in [1.82, 2.24) is 25.3 Å². The van der Waals surface area contributed by atoms with Crippen molar-refractivity contribution in [3.8, 4) is 28.5 Å². The predicted octanol–water partition coefficient (Wildman–Crippen LogP) is 3.82. The number of rotatable bonds is 5. The summed E-state index contributed by atoms with van der Waals surface area (Å²) in [5.41, 5.74) is 6.07. The number of aromatic nitrogens is 4. The van der Waals surface area contributed by atoms with Gasteiger partial charge in [-0.15, -0.1) is 0 Å². The van der Waals surface area contributed by atoms with Crippen LogP contribution in [0.2, 0.25) is 0 Å². The van der Waals surface area contributed by atoms with Gasteiger partial charge in [-0.2, -0.15) is 15.5 Å². The smallest absolute Gasteiger partial charge is 0.404 e. The molecule has 1 fully saturated rings. The van der Waals surface area contributed by atoms with Gasteiger partial charge in [0.2, 0.25) is 0 Å². The lowest BCUT2D eigenvalue weighted by molar-refractivity contribution is 0.194. The Labute approximate surface area is 194 Å². The number of aryl methyl sites for hydroxylation is 2. The Morgan fingerprint density at radius 1 is 1.26 bits per heavy atom. The maximum Gasteiger partial charge on any atom is 0.404 e. The van der Waals surface area contributed by atoms with Gasteiger partial charge in [-0.25, -0.2) is 9.89 Å². The first-order chi connectivity index (χ1) is 16.4. The van der Waals surface area contributed by atoms with Crippen LogP contribution in [0.1, 0.15) is 41.1 Å². The molecule has 1 amide bonds. The number of carbonyl (C=O) groups is 1. The second-order valence-electron chi connectivity index (χ2n) is 8.60. The molecule has 0 atom stereocenters. The maximum atomic E-state index is 12.3. The van der Waals surface area contributed by atoms with Crippen LogP contribution in [-0.2, 0) is 13.6 Å². The molecule has 0 aliphatic heterocycles. The molecule has 4 aromatic rings. The summed E-state index contributed by atoms with van der Waals surface area (Å²) in [5.74, 6) is 0.532. The van der Waals surface area contributed by atoms with Gasteiger partial charge in [0.15, 0.2) is 0 Å². The van der Waals surface area contributed by atoms with E-state index in [1.165, 1.54) is 5.56 Å². The number of benzene rings is 2. The zero-order valence-electron chi connectivity index (χ0n) is 18.7. The molecule has 2 aromatic carbocycles. The largest absolute Gasteiger partial charge is 0.465 e. The summed E-state index contributed by atoms with van der Waals surface area (Å²) in [6.07, 6.45) is 2.87. The van der Waals surface area contributed by atoms with Gasteiger partial charge in [0, 0.05) is 23.6 Å². The van der Waals surface area contributed by atoms with Crippen LogP contribution in [0.3, 0.4) is 0 Å². The highest BCUT2D eigenvalue weighted by Crippen LogP contribution is 2.44. The molecular weight excluding hydrogens is 432 g/mol. The Morgan fingerprint density at radius 2 is 2.06 bits per heavy atom. The molecular formula is C25H22N6O3. The van der Waals surface area contributed by atoms with Crippen molar-refractivity contribution in [3.05, 3.63) is 69.3 Å². The fraction of sp³-hybridized carbons (Fsp3) is 0.240. The first-order valence-corrected chi connectivity index (χ1v) is 10.9. The normalized spacial score (nSPS) is 13.1. The van der Waals surface area contributed by atoms with Crippen molar-refractivity contribution in [3.63, 3.8) is 0 Å². The van der Waals surface area contributed by atoms with E-state index in [4.69, 9.17) is 5.11 Å². The zero-order valence-corrected chi connectivity index (χ0v) is 18.7. The van der Waals surface area contributed by atoms with E-state index >= 15 is 0 Å². The Balaban J connectivity index is 1.70. The highest BCUT2D eigenvalue weighted by atomic mass is 16.4. The molecule has 2 aromatic heterocycles. The van der Waals surface area contributed by atoms with Crippen molar-refractivity contribution >= 4 is 16.9 Å². The minimum atomic E-state index is -1.18. The number of hydrogen-bond donors (Lipinski definition) is 3. The first kappa shape index (κ1) is 21.4. The van der Waals surface area contributed by atoms with Crippen LogP contribution < -0.4 is 10.9 Å². The van der Waals surface area contributed by atoms with E-state index in [-0.39, 0.29) is 12.1 Å². The fourth-order valence-electron chi connectivity index (χ4n) is 4.45. The maximum absolute atomic E-state index is 12.3. The van der Waals surface area contributed by atoms with Crippen LogP contribution >= 0.6 is 0 Å². The molecule has 0 radical (unpaired) electrons. The van der Waals surface area contributed by atoms with Gasteiger partial charge in [-0.1, -0.05) is 12.1 Å². The molecule has 170 valence electrons. The molecule has 3 N–H and O–H groups in total. The standard InChI is InChI=1S/C25H22N6O3/c1-13-7-16(14-3-4-14)9-19(20(13)10-26)23-21(11-28-31(23)2)15-5-6-17-18(8-15)22(12-27-25(33)34)29-30-24(17)32/h5-9,11,14,27H,3-4,12H2,1-2H3,(H,30,32)(H,33,34). The molecule has 5 rings (SSSR count). The molecule has 0 unspecified atom stereocenters. The van der Waals surface area contributed by atoms with Crippen LogP contribution in [0.15, 0.2) is 41.3 Å². The summed E-state index contributed by atoms with van der Waals surface area (Å²) in [4.78, 5) is 23.3. The fourth-order valence-corrected chi connectivity index (χ4v) is 4.45. The van der Waals surface area contributed by atoms with Crippen molar-refractivity contribution in [2.75, 3.05) is 0 Å². The number of nitrogens with one attached hydrogen (secondary N) is 2. The Bertz CT molecular complexity index is 1560. The predicted molar refractivity (Wildman–Crippen MR) is 126 cm³/mol. The van der Waals surface area contributed by atoms with Crippen LogP contribution in [0.4, 0.5) is 4.79 Å². The number of fused-ring (bicyclic) bond motifs is 1. The van der Waals surface area contributed by atoms with E-state index in [0.717, 1.165) is 40.8 Å². The van der Waals surface area contributed by atoms with Crippen LogP contribution in [0, 0.1) is 18.3 Å². The second-order valence-corrected chi connectivity index (χ2v) is 8.60. The second kappa shape index (κ2) is 8.15. The third kappa shape index (κ3) is 3.69. The van der Waals surface area contributed by atoms with Gasteiger partial charge in [-0.05, 0) is 60.6 Å². The van der Waals surface area contributed by atoms with Gasteiger partial charge in [-0.3, -0.25) is 9.48 Å². The number of nitrogens with zero attached hydrogens (tertiary/aromatic N) is 4. The zero-order chi connectivity index (χ0) is 24.0.